The highest BCUT2D eigenvalue weighted by atomic mass is 32.2. The molecule has 1 heterocycles. The zero-order valence-corrected chi connectivity index (χ0v) is 9.72. The van der Waals surface area contributed by atoms with Crippen molar-refractivity contribution in [3.05, 3.63) is 0 Å². The molecule has 4 unspecified atom stereocenters. The molecule has 1 fully saturated rings. The van der Waals surface area contributed by atoms with Gasteiger partial charge < -0.3 is 21.7 Å². The molecule has 0 spiro atoms. The molecule has 4 atom stereocenters. The summed E-state index contributed by atoms with van der Waals surface area (Å²) in [5.41, 5.74) is 13.3. The van der Waals surface area contributed by atoms with Crippen molar-refractivity contribution in [1.82, 2.24) is 5.48 Å². The summed E-state index contributed by atoms with van der Waals surface area (Å²) < 4.78 is 0. The number of carbonyl (C=O) groups is 2. The highest BCUT2D eigenvalue weighted by molar-refractivity contribution is 7.99. The van der Waals surface area contributed by atoms with Gasteiger partial charge in [0.2, 0.25) is 0 Å². The van der Waals surface area contributed by atoms with Gasteiger partial charge in [-0.25, -0.2) is 0 Å². The minimum absolute atomic E-state index is 0.198. The number of carboxylic acid groups (broad SMARTS) is 2. The lowest BCUT2D eigenvalue weighted by Gasteiger charge is -2.12. The molecule has 0 aliphatic carbocycles. The Kier molecular flexibility index (Phi) is 5.15. The van der Waals surface area contributed by atoms with E-state index >= 15 is 0 Å². The van der Waals surface area contributed by atoms with Crippen LogP contribution in [0.1, 0.15) is 6.42 Å². The van der Waals surface area contributed by atoms with Gasteiger partial charge in [0.1, 0.15) is 18.2 Å². The topological polar surface area (TPSA) is 148 Å². The normalized spacial score (nSPS) is 27.6. The summed E-state index contributed by atoms with van der Waals surface area (Å²) in [4.78, 5) is 26.1. The minimum atomic E-state index is -1.13. The van der Waals surface area contributed by atoms with Crippen LogP contribution in [0.3, 0.4) is 0 Å². The van der Waals surface area contributed by atoms with E-state index in [1.54, 1.807) is 0 Å². The molecule has 17 heavy (non-hydrogen) atoms. The second-order valence-electron chi connectivity index (χ2n) is 3.64. The fraction of sp³-hybridized carbons (Fsp3) is 0.750. The van der Waals surface area contributed by atoms with Gasteiger partial charge in [-0.05, 0) is 0 Å². The van der Waals surface area contributed by atoms with E-state index < -0.39 is 30.1 Å². The van der Waals surface area contributed by atoms with Gasteiger partial charge in [0, 0.05) is 12.2 Å². The Bertz CT molecular complexity index is 303. The third-order valence-corrected chi connectivity index (χ3v) is 3.52. The van der Waals surface area contributed by atoms with Gasteiger partial charge in [0.15, 0.2) is 0 Å². The molecule has 0 aromatic rings. The fourth-order valence-electron chi connectivity index (χ4n) is 1.24. The second kappa shape index (κ2) is 6.17. The van der Waals surface area contributed by atoms with Crippen molar-refractivity contribution in [1.29, 1.82) is 0 Å². The number of nitrogens with two attached hydrogens (primary N) is 2. The van der Waals surface area contributed by atoms with Crippen LogP contribution in [0.25, 0.3) is 0 Å². The average molecular weight is 265 g/mol. The first kappa shape index (κ1) is 14.2. The van der Waals surface area contributed by atoms with Crippen LogP contribution in [0.4, 0.5) is 0 Å². The van der Waals surface area contributed by atoms with Gasteiger partial charge in [-0.2, -0.15) is 5.48 Å². The molecule has 0 saturated carbocycles. The number of nitrogens with one attached hydrogen (secondary N) is 1. The molecule has 9 heteroatoms. The van der Waals surface area contributed by atoms with Crippen LogP contribution >= 0.6 is 11.8 Å². The second-order valence-corrected chi connectivity index (χ2v) is 4.88. The van der Waals surface area contributed by atoms with Crippen LogP contribution in [-0.4, -0.2) is 51.5 Å². The summed E-state index contributed by atoms with van der Waals surface area (Å²) in [5.74, 6) is -1.99. The number of rotatable bonds is 6. The van der Waals surface area contributed by atoms with Crippen LogP contribution in [0, 0.1) is 0 Å². The molecule has 0 aromatic carbocycles. The molecule has 7 N–H and O–H groups in total. The summed E-state index contributed by atoms with van der Waals surface area (Å²) in [6.45, 7) is 0. The quantitative estimate of drug-likeness (QED) is 0.373. The van der Waals surface area contributed by atoms with Crippen LogP contribution in [0.5, 0.6) is 0 Å². The molecule has 0 aromatic heterocycles. The Morgan fingerprint density at radius 2 is 2.06 bits per heavy atom. The van der Waals surface area contributed by atoms with Crippen molar-refractivity contribution in [3.8, 4) is 0 Å². The highest BCUT2D eigenvalue weighted by Crippen LogP contribution is 2.22. The molecule has 1 rings (SSSR count). The average Bonchev–Trinajstić information content (AvgIpc) is 2.72. The first-order valence-electron chi connectivity index (χ1n) is 4.91. The number of aliphatic carboxylic acids is 2. The zero-order valence-electron chi connectivity index (χ0n) is 8.91. The van der Waals surface area contributed by atoms with E-state index in [1.165, 1.54) is 11.8 Å². The Morgan fingerprint density at radius 3 is 2.59 bits per heavy atom. The molecule has 1 aliphatic heterocycles. The van der Waals surface area contributed by atoms with Gasteiger partial charge in [-0.3, -0.25) is 14.4 Å². The van der Waals surface area contributed by atoms with E-state index in [2.05, 4.69) is 5.48 Å². The van der Waals surface area contributed by atoms with E-state index in [0.717, 1.165) is 0 Å². The molecular weight excluding hydrogens is 250 g/mol. The molecule has 0 radical (unpaired) electrons. The highest BCUT2D eigenvalue weighted by Gasteiger charge is 2.34. The van der Waals surface area contributed by atoms with E-state index in [4.69, 9.17) is 26.5 Å². The van der Waals surface area contributed by atoms with Crippen LogP contribution in [-0.2, 0) is 14.4 Å². The largest absolute Gasteiger partial charge is 0.480 e. The van der Waals surface area contributed by atoms with Crippen molar-refractivity contribution in [3.63, 3.8) is 0 Å². The van der Waals surface area contributed by atoms with E-state index in [1.807, 2.05) is 0 Å². The molecular formula is C8H15N3O5S. The monoisotopic (exact) mass is 265 g/mol. The maximum absolute atomic E-state index is 10.6. The third-order valence-electron chi connectivity index (χ3n) is 2.28. The summed E-state index contributed by atoms with van der Waals surface area (Å²) in [6, 6.07) is -2.05. The number of hydroxylamine groups is 1. The van der Waals surface area contributed by atoms with E-state index in [9.17, 15) is 9.59 Å². The Labute approximate surface area is 102 Å². The summed E-state index contributed by atoms with van der Waals surface area (Å²) in [7, 11) is 0. The lowest BCUT2D eigenvalue weighted by Crippen LogP contribution is -2.41. The summed E-state index contributed by atoms with van der Waals surface area (Å²) >= 11 is 1.26. The van der Waals surface area contributed by atoms with Crippen LogP contribution < -0.4 is 16.9 Å². The van der Waals surface area contributed by atoms with Crippen LogP contribution in [0.15, 0.2) is 0 Å². The van der Waals surface area contributed by atoms with Crippen molar-refractivity contribution in [2.75, 3.05) is 5.75 Å². The molecule has 0 bridgehead atoms. The Balaban J connectivity index is 2.31. The number of thioether (sulfide) groups is 1. The molecule has 0 amide bonds. The molecule has 8 nitrogen and oxygen atoms in total. The van der Waals surface area contributed by atoms with Crippen molar-refractivity contribution < 1.29 is 24.6 Å². The van der Waals surface area contributed by atoms with Gasteiger partial charge in [0.05, 0.1) is 5.37 Å². The van der Waals surface area contributed by atoms with Gasteiger partial charge in [0.25, 0.3) is 0 Å². The number of hydrogen-bond acceptors (Lipinski definition) is 7. The SMILES string of the molecule is NC(CSC1CC(C(N)C(=O)O)ON1)C(=O)O. The lowest BCUT2D eigenvalue weighted by molar-refractivity contribution is -0.142. The fourth-order valence-corrected chi connectivity index (χ4v) is 2.27. The molecule has 98 valence electrons. The smallest absolute Gasteiger partial charge is 0.323 e. The van der Waals surface area contributed by atoms with Crippen molar-refractivity contribution in [2.24, 2.45) is 11.5 Å². The maximum atomic E-state index is 10.6. The maximum Gasteiger partial charge on any atom is 0.323 e. The van der Waals surface area contributed by atoms with Crippen LogP contribution in [0.2, 0.25) is 0 Å². The summed E-state index contributed by atoms with van der Waals surface area (Å²) in [5, 5.41) is 17.1. The Hall–Kier alpha value is -0.870. The van der Waals surface area contributed by atoms with Crippen molar-refractivity contribution >= 4 is 23.7 Å². The zero-order chi connectivity index (χ0) is 13.0. The first-order valence-corrected chi connectivity index (χ1v) is 5.96. The molecule has 1 aliphatic rings. The number of hydrogen-bond donors (Lipinski definition) is 5. The molecule has 1 saturated heterocycles. The standard InChI is InChI=1S/C8H15N3O5S/c9-3(7(12)13)2-17-5-1-4(16-11-5)6(10)8(14)15/h3-6,11H,1-2,9-10H2,(H,12,13)(H,14,15). The first-order chi connectivity index (χ1) is 7.91. The predicted molar refractivity (Wildman–Crippen MR) is 60.1 cm³/mol. The van der Waals surface area contributed by atoms with E-state index in [0.29, 0.717) is 6.42 Å². The summed E-state index contributed by atoms with van der Waals surface area (Å²) in [6.07, 6.45) is -0.226. The van der Waals surface area contributed by atoms with Crippen molar-refractivity contribution in [2.45, 2.75) is 30.0 Å². The minimum Gasteiger partial charge on any atom is -0.480 e. The number of carboxylic acids is 2. The third kappa shape index (κ3) is 4.13. The Morgan fingerprint density at radius 1 is 1.41 bits per heavy atom. The lowest BCUT2D eigenvalue weighted by atomic mass is 10.1. The van der Waals surface area contributed by atoms with Gasteiger partial charge in [-0.1, -0.05) is 0 Å². The van der Waals surface area contributed by atoms with Gasteiger partial charge >= 0.3 is 11.9 Å². The predicted octanol–water partition coefficient (Wildman–Crippen LogP) is -1.84. The van der Waals surface area contributed by atoms with Gasteiger partial charge in [-0.15, -0.1) is 11.8 Å². The van der Waals surface area contributed by atoms with E-state index in [-0.39, 0.29) is 11.1 Å².